The van der Waals surface area contributed by atoms with Gasteiger partial charge < -0.3 is 14.4 Å². The fourth-order valence-electron chi connectivity index (χ4n) is 4.58. The predicted molar refractivity (Wildman–Crippen MR) is 108 cm³/mol. The molecule has 1 saturated heterocycles. The molecule has 27 heavy (non-hydrogen) atoms. The molecule has 2 aliphatic rings. The standard InChI is InChI=1S/C23H31NO3/c1-6-21(25)24-22(14-10-17-8-11-18(26-5)12-9-17)27-20-15-16(2)7-13-19(20)23(24,3)4/h6,8-12,14,16,19-20,22H,1,7,13,15H2,2-5H3/b14-10+/t16-,19-,20-,22+/m1/s1. The molecule has 0 bridgehead atoms. The maximum atomic E-state index is 12.7. The van der Waals surface area contributed by atoms with Crippen molar-refractivity contribution in [2.75, 3.05) is 7.11 Å². The maximum Gasteiger partial charge on any atom is 0.248 e. The second kappa shape index (κ2) is 7.89. The lowest BCUT2D eigenvalue weighted by Crippen LogP contribution is -2.65. The van der Waals surface area contributed by atoms with Gasteiger partial charge in [0.1, 0.15) is 5.75 Å². The number of fused-ring (bicyclic) bond motifs is 1. The Balaban J connectivity index is 1.88. The van der Waals surface area contributed by atoms with Gasteiger partial charge in [0.2, 0.25) is 5.91 Å². The van der Waals surface area contributed by atoms with Gasteiger partial charge in [-0.3, -0.25) is 4.79 Å². The van der Waals surface area contributed by atoms with Gasteiger partial charge in [-0.2, -0.15) is 0 Å². The van der Waals surface area contributed by atoms with E-state index in [0.29, 0.717) is 11.8 Å². The summed E-state index contributed by atoms with van der Waals surface area (Å²) in [6, 6.07) is 7.84. The quantitative estimate of drug-likeness (QED) is 0.725. The zero-order valence-electron chi connectivity index (χ0n) is 16.9. The molecule has 0 unspecified atom stereocenters. The summed E-state index contributed by atoms with van der Waals surface area (Å²) >= 11 is 0. The minimum atomic E-state index is -0.390. The molecule has 1 heterocycles. The predicted octanol–water partition coefficient (Wildman–Crippen LogP) is 4.66. The van der Waals surface area contributed by atoms with Crippen LogP contribution >= 0.6 is 0 Å². The van der Waals surface area contributed by atoms with Crippen LogP contribution in [0.2, 0.25) is 0 Å². The van der Waals surface area contributed by atoms with E-state index >= 15 is 0 Å². The van der Waals surface area contributed by atoms with Crippen LogP contribution in [0.4, 0.5) is 0 Å². The summed E-state index contributed by atoms with van der Waals surface area (Å²) in [6.45, 7) is 10.3. The zero-order valence-corrected chi connectivity index (χ0v) is 16.9. The number of methoxy groups -OCH3 is 1. The Bertz CT molecular complexity index is 707. The van der Waals surface area contributed by atoms with E-state index in [2.05, 4.69) is 27.4 Å². The molecule has 4 nitrogen and oxygen atoms in total. The molecule has 4 atom stereocenters. The number of carbonyl (C=O) groups is 1. The lowest BCUT2D eigenvalue weighted by molar-refractivity contribution is -0.213. The Morgan fingerprint density at radius 3 is 2.63 bits per heavy atom. The SMILES string of the molecule is C=CC(=O)N1[C@H](/C=C/c2ccc(OC)cc2)O[C@@H]2C[C@H](C)CC[C@H]2C1(C)C. The molecule has 1 aliphatic carbocycles. The van der Waals surface area contributed by atoms with Crippen molar-refractivity contribution in [1.82, 2.24) is 4.90 Å². The van der Waals surface area contributed by atoms with Crippen LogP contribution in [0.1, 0.15) is 45.6 Å². The van der Waals surface area contributed by atoms with Crippen molar-refractivity contribution in [3.05, 3.63) is 48.6 Å². The smallest absolute Gasteiger partial charge is 0.248 e. The molecule has 0 spiro atoms. The number of nitrogens with zero attached hydrogens (tertiary/aromatic N) is 1. The topological polar surface area (TPSA) is 38.8 Å². The second-order valence-corrected chi connectivity index (χ2v) is 8.29. The van der Waals surface area contributed by atoms with Gasteiger partial charge in [-0.1, -0.05) is 38.1 Å². The number of carbonyl (C=O) groups excluding carboxylic acids is 1. The monoisotopic (exact) mass is 369 g/mol. The first-order valence-electron chi connectivity index (χ1n) is 9.80. The Kier molecular flexibility index (Phi) is 5.75. The Morgan fingerprint density at radius 2 is 2.00 bits per heavy atom. The van der Waals surface area contributed by atoms with Crippen LogP contribution in [0.25, 0.3) is 6.08 Å². The highest BCUT2D eigenvalue weighted by atomic mass is 16.5. The highest BCUT2D eigenvalue weighted by Crippen LogP contribution is 2.45. The molecule has 0 radical (unpaired) electrons. The van der Waals surface area contributed by atoms with Gasteiger partial charge in [-0.25, -0.2) is 0 Å². The lowest BCUT2D eigenvalue weighted by Gasteiger charge is -2.56. The van der Waals surface area contributed by atoms with Crippen LogP contribution in [0.3, 0.4) is 0 Å². The van der Waals surface area contributed by atoms with Crippen LogP contribution < -0.4 is 4.74 Å². The highest BCUT2D eigenvalue weighted by molar-refractivity contribution is 5.88. The Labute approximate surface area is 162 Å². The number of benzene rings is 1. The normalized spacial score (nSPS) is 30.0. The summed E-state index contributed by atoms with van der Waals surface area (Å²) in [6.07, 6.45) is 8.52. The number of ether oxygens (including phenoxy) is 2. The molecule has 1 aromatic rings. The van der Waals surface area contributed by atoms with Crippen molar-refractivity contribution in [2.24, 2.45) is 11.8 Å². The molecule has 1 aromatic carbocycles. The van der Waals surface area contributed by atoms with Gasteiger partial charge >= 0.3 is 0 Å². The van der Waals surface area contributed by atoms with E-state index in [1.165, 1.54) is 12.5 Å². The van der Waals surface area contributed by atoms with Crippen molar-refractivity contribution in [1.29, 1.82) is 0 Å². The molecule has 3 rings (SSSR count). The molecule has 1 saturated carbocycles. The summed E-state index contributed by atoms with van der Waals surface area (Å²) < 4.78 is 11.7. The van der Waals surface area contributed by atoms with E-state index in [0.717, 1.165) is 24.2 Å². The van der Waals surface area contributed by atoms with Crippen LogP contribution in [0, 0.1) is 11.8 Å². The molecule has 1 aliphatic heterocycles. The van der Waals surface area contributed by atoms with Crippen molar-refractivity contribution in [3.8, 4) is 5.75 Å². The minimum absolute atomic E-state index is 0.0820. The van der Waals surface area contributed by atoms with Crippen LogP contribution in [0.5, 0.6) is 5.75 Å². The summed E-state index contributed by atoms with van der Waals surface area (Å²) in [5, 5.41) is 0. The van der Waals surface area contributed by atoms with E-state index in [-0.39, 0.29) is 23.8 Å². The van der Waals surface area contributed by atoms with E-state index < -0.39 is 0 Å². The van der Waals surface area contributed by atoms with Crippen LogP contribution in [-0.2, 0) is 9.53 Å². The highest BCUT2D eigenvalue weighted by Gasteiger charge is 2.51. The average Bonchev–Trinajstić information content (AvgIpc) is 2.65. The summed E-state index contributed by atoms with van der Waals surface area (Å²) in [5.74, 6) is 1.75. The van der Waals surface area contributed by atoms with Gasteiger partial charge in [0.05, 0.1) is 13.2 Å². The molecule has 4 heteroatoms. The third-order valence-electron chi connectivity index (χ3n) is 6.13. The molecule has 2 fully saturated rings. The minimum Gasteiger partial charge on any atom is -0.497 e. The third-order valence-corrected chi connectivity index (χ3v) is 6.13. The Morgan fingerprint density at radius 1 is 1.30 bits per heavy atom. The largest absolute Gasteiger partial charge is 0.497 e. The first-order chi connectivity index (χ1) is 12.9. The van der Waals surface area contributed by atoms with Gasteiger partial charge in [-0.15, -0.1) is 0 Å². The van der Waals surface area contributed by atoms with Gasteiger partial charge in [-0.05, 0) is 62.5 Å². The summed E-state index contributed by atoms with van der Waals surface area (Å²) in [4.78, 5) is 14.6. The van der Waals surface area contributed by atoms with Crippen molar-refractivity contribution < 1.29 is 14.3 Å². The summed E-state index contributed by atoms with van der Waals surface area (Å²) in [5.41, 5.74) is 0.769. The van der Waals surface area contributed by atoms with E-state index in [1.807, 2.05) is 41.3 Å². The fourth-order valence-corrected chi connectivity index (χ4v) is 4.58. The lowest BCUT2D eigenvalue weighted by atomic mass is 9.69. The summed E-state index contributed by atoms with van der Waals surface area (Å²) in [7, 11) is 1.66. The number of amides is 1. The number of rotatable bonds is 4. The molecule has 146 valence electrons. The van der Waals surface area contributed by atoms with Gasteiger partial charge in [0.15, 0.2) is 6.23 Å². The molecular weight excluding hydrogens is 338 g/mol. The number of hydrogen-bond acceptors (Lipinski definition) is 3. The van der Waals surface area contributed by atoms with E-state index in [4.69, 9.17) is 9.47 Å². The van der Waals surface area contributed by atoms with Crippen molar-refractivity contribution in [3.63, 3.8) is 0 Å². The van der Waals surface area contributed by atoms with Crippen molar-refractivity contribution >= 4 is 12.0 Å². The fraction of sp³-hybridized carbons (Fsp3) is 0.522. The van der Waals surface area contributed by atoms with E-state index in [1.54, 1.807) is 7.11 Å². The third kappa shape index (κ3) is 3.96. The molecule has 0 aromatic heterocycles. The molecule has 0 N–H and O–H groups in total. The first kappa shape index (κ1) is 19.7. The van der Waals surface area contributed by atoms with Crippen LogP contribution in [-0.4, -0.2) is 35.8 Å². The van der Waals surface area contributed by atoms with Crippen molar-refractivity contribution in [2.45, 2.75) is 57.9 Å². The first-order valence-corrected chi connectivity index (χ1v) is 9.80. The second-order valence-electron chi connectivity index (χ2n) is 8.29. The Hall–Kier alpha value is -2.07. The molecular formula is C23H31NO3. The van der Waals surface area contributed by atoms with Gasteiger partial charge in [0, 0.05) is 11.5 Å². The number of hydrogen-bond donors (Lipinski definition) is 0. The molecule has 1 amide bonds. The zero-order chi connectivity index (χ0) is 19.6. The van der Waals surface area contributed by atoms with Gasteiger partial charge in [0.25, 0.3) is 0 Å². The van der Waals surface area contributed by atoms with Crippen LogP contribution in [0.15, 0.2) is 43.0 Å². The average molecular weight is 370 g/mol. The maximum absolute atomic E-state index is 12.7. The van der Waals surface area contributed by atoms with E-state index in [9.17, 15) is 4.79 Å².